The lowest BCUT2D eigenvalue weighted by molar-refractivity contribution is 0.0459. The van der Waals surface area contributed by atoms with E-state index in [4.69, 9.17) is 10.5 Å². The molecule has 1 aromatic heterocycles. The van der Waals surface area contributed by atoms with E-state index in [1.54, 1.807) is 36.4 Å². The van der Waals surface area contributed by atoms with Crippen molar-refractivity contribution in [2.75, 3.05) is 11.1 Å². The van der Waals surface area contributed by atoms with Crippen molar-refractivity contribution in [1.82, 2.24) is 15.0 Å². The number of esters is 1. The molecule has 1 heterocycles. The van der Waals surface area contributed by atoms with Crippen LogP contribution in [0.25, 0.3) is 0 Å². The Hall–Kier alpha value is -4.59. The average molecular weight is 454 g/mol. The van der Waals surface area contributed by atoms with E-state index in [9.17, 15) is 9.59 Å². The summed E-state index contributed by atoms with van der Waals surface area (Å²) in [6, 6.07) is 21.3. The van der Waals surface area contributed by atoms with Crippen molar-refractivity contribution in [2.45, 2.75) is 20.5 Å². The molecule has 170 valence electrons. The Balaban J connectivity index is 1.50. The number of nitrogen functional groups attached to an aromatic ring is 1. The predicted molar refractivity (Wildman–Crippen MR) is 129 cm³/mol. The maximum Gasteiger partial charge on any atom is 0.339 e. The van der Waals surface area contributed by atoms with Crippen LogP contribution in [-0.2, 0) is 11.3 Å². The normalized spacial score (nSPS) is 10.5. The maximum absolute atomic E-state index is 13.0. The van der Waals surface area contributed by atoms with E-state index in [2.05, 4.69) is 20.3 Å². The van der Waals surface area contributed by atoms with Crippen LogP contribution in [0, 0.1) is 13.8 Å². The SMILES string of the molecule is Cc1ccc(C(=O)c2ccccc2C(=O)OCc2nc(N)nc(Nc3ccccc3C)n2)cc1. The summed E-state index contributed by atoms with van der Waals surface area (Å²) in [6.45, 7) is 3.65. The molecular weight excluding hydrogens is 430 g/mol. The fourth-order valence-electron chi connectivity index (χ4n) is 3.32. The van der Waals surface area contributed by atoms with Crippen LogP contribution in [0.5, 0.6) is 0 Å². The molecule has 0 spiro atoms. The summed E-state index contributed by atoms with van der Waals surface area (Å²) in [6.07, 6.45) is 0. The van der Waals surface area contributed by atoms with Gasteiger partial charge in [-0.15, -0.1) is 0 Å². The fraction of sp³-hybridized carbons (Fsp3) is 0.115. The van der Waals surface area contributed by atoms with Gasteiger partial charge in [0.05, 0.1) is 5.56 Å². The third-order valence-corrected chi connectivity index (χ3v) is 5.13. The number of nitrogens with one attached hydrogen (secondary N) is 1. The minimum atomic E-state index is -0.663. The molecule has 3 aromatic carbocycles. The quantitative estimate of drug-likeness (QED) is 0.312. The van der Waals surface area contributed by atoms with Gasteiger partial charge in [-0.2, -0.15) is 15.0 Å². The largest absolute Gasteiger partial charge is 0.454 e. The summed E-state index contributed by atoms with van der Waals surface area (Å²) in [5, 5.41) is 3.09. The highest BCUT2D eigenvalue weighted by Crippen LogP contribution is 2.19. The summed E-state index contributed by atoms with van der Waals surface area (Å²) in [5.74, 6) is -0.515. The molecular formula is C26H23N5O3. The van der Waals surface area contributed by atoms with Crippen molar-refractivity contribution in [3.05, 3.63) is 106 Å². The van der Waals surface area contributed by atoms with Crippen molar-refractivity contribution in [3.8, 4) is 0 Å². The Morgan fingerprint density at radius 3 is 2.26 bits per heavy atom. The first-order valence-corrected chi connectivity index (χ1v) is 10.6. The second-order valence-electron chi connectivity index (χ2n) is 7.69. The Labute approximate surface area is 196 Å². The highest BCUT2D eigenvalue weighted by atomic mass is 16.5. The van der Waals surface area contributed by atoms with Gasteiger partial charge in [-0.1, -0.05) is 66.2 Å². The van der Waals surface area contributed by atoms with Gasteiger partial charge in [0.25, 0.3) is 0 Å². The minimum absolute atomic E-state index is 0.00733. The van der Waals surface area contributed by atoms with Crippen LogP contribution in [0.2, 0.25) is 0 Å². The third kappa shape index (κ3) is 5.24. The van der Waals surface area contributed by atoms with E-state index < -0.39 is 5.97 Å². The van der Waals surface area contributed by atoms with Gasteiger partial charge in [0.1, 0.15) is 0 Å². The number of para-hydroxylation sites is 1. The van der Waals surface area contributed by atoms with Crippen LogP contribution in [0.1, 0.15) is 43.2 Å². The lowest BCUT2D eigenvalue weighted by atomic mass is 9.98. The number of benzene rings is 3. The Morgan fingerprint density at radius 2 is 1.53 bits per heavy atom. The van der Waals surface area contributed by atoms with Crippen LogP contribution < -0.4 is 11.1 Å². The van der Waals surface area contributed by atoms with Crippen molar-refractivity contribution >= 4 is 29.3 Å². The summed E-state index contributed by atoms with van der Waals surface area (Å²) in [4.78, 5) is 38.3. The zero-order valence-electron chi connectivity index (χ0n) is 18.8. The lowest BCUT2D eigenvalue weighted by Gasteiger charge is -2.11. The van der Waals surface area contributed by atoms with Crippen molar-refractivity contribution in [3.63, 3.8) is 0 Å². The summed E-state index contributed by atoms with van der Waals surface area (Å²) < 4.78 is 5.42. The molecule has 3 N–H and O–H groups in total. The van der Waals surface area contributed by atoms with Gasteiger partial charge >= 0.3 is 5.97 Å². The first-order valence-electron chi connectivity index (χ1n) is 10.6. The highest BCUT2D eigenvalue weighted by molar-refractivity contribution is 6.14. The number of aryl methyl sites for hydroxylation is 2. The van der Waals surface area contributed by atoms with Crippen LogP contribution in [-0.4, -0.2) is 26.7 Å². The van der Waals surface area contributed by atoms with E-state index in [-0.39, 0.29) is 41.2 Å². The number of rotatable bonds is 7. The molecule has 0 saturated carbocycles. The monoisotopic (exact) mass is 453 g/mol. The van der Waals surface area contributed by atoms with Crippen molar-refractivity contribution in [2.24, 2.45) is 0 Å². The smallest absolute Gasteiger partial charge is 0.339 e. The Bertz CT molecular complexity index is 1350. The zero-order valence-corrected chi connectivity index (χ0v) is 18.8. The highest BCUT2D eigenvalue weighted by Gasteiger charge is 2.20. The van der Waals surface area contributed by atoms with Gasteiger partial charge in [-0.3, -0.25) is 4.79 Å². The molecule has 8 nitrogen and oxygen atoms in total. The average Bonchev–Trinajstić information content (AvgIpc) is 2.84. The number of nitrogens with zero attached hydrogens (tertiary/aromatic N) is 3. The van der Waals surface area contributed by atoms with Gasteiger partial charge in [0.2, 0.25) is 11.9 Å². The minimum Gasteiger partial charge on any atom is -0.454 e. The number of nitrogens with two attached hydrogens (primary N) is 1. The van der Waals surface area contributed by atoms with Gasteiger partial charge in [-0.05, 0) is 31.5 Å². The lowest BCUT2D eigenvalue weighted by Crippen LogP contribution is -2.14. The van der Waals surface area contributed by atoms with E-state index in [1.165, 1.54) is 0 Å². The van der Waals surface area contributed by atoms with E-state index in [1.807, 2.05) is 50.2 Å². The van der Waals surface area contributed by atoms with Crippen molar-refractivity contribution < 1.29 is 14.3 Å². The second-order valence-corrected chi connectivity index (χ2v) is 7.69. The topological polar surface area (TPSA) is 120 Å². The number of aromatic nitrogens is 3. The van der Waals surface area contributed by atoms with Crippen LogP contribution in [0.3, 0.4) is 0 Å². The van der Waals surface area contributed by atoms with Gasteiger partial charge in [0, 0.05) is 16.8 Å². The predicted octanol–water partition coefficient (Wildman–Crippen LogP) is 4.40. The number of ketones is 1. The van der Waals surface area contributed by atoms with Crippen LogP contribution in [0.15, 0.2) is 72.8 Å². The fourth-order valence-corrected chi connectivity index (χ4v) is 3.32. The second kappa shape index (κ2) is 9.91. The number of hydrogen-bond acceptors (Lipinski definition) is 8. The van der Waals surface area contributed by atoms with Crippen molar-refractivity contribution in [1.29, 1.82) is 0 Å². The molecule has 0 saturated heterocycles. The maximum atomic E-state index is 13.0. The van der Waals surface area contributed by atoms with E-state index in [0.29, 0.717) is 5.56 Å². The molecule has 4 aromatic rings. The van der Waals surface area contributed by atoms with Gasteiger partial charge in [0.15, 0.2) is 18.2 Å². The molecule has 0 bridgehead atoms. The molecule has 0 fully saturated rings. The Morgan fingerprint density at radius 1 is 0.853 bits per heavy atom. The van der Waals surface area contributed by atoms with Crippen LogP contribution in [0.4, 0.5) is 17.6 Å². The van der Waals surface area contributed by atoms with Crippen LogP contribution >= 0.6 is 0 Å². The molecule has 0 radical (unpaired) electrons. The molecule has 0 aliphatic carbocycles. The number of carbonyl (C=O) groups is 2. The molecule has 0 unspecified atom stereocenters. The first kappa shape index (κ1) is 22.6. The molecule has 0 aliphatic rings. The molecule has 0 amide bonds. The first-order chi connectivity index (χ1) is 16.4. The number of anilines is 3. The molecule has 34 heavy (non-hydrogen) atoms. The summed E-state index contributed by atoms with van der Waals surface area (Å²) in [5.41, 5.74) is 9.59. The van der Waals surface area contributed by atoms with Gasteiger partial charge in [-0.25, -0.2) is 4.79 Å². The molecule has 0 atom stereocenters. The third-order valence-electron chi connectivity index (χ3n) is 5.13. The number of ether oxygens (including phenoxy) is 1. The summed E-state index contributed by atoms with van der Waals surface area (Å²) >= 11 is 0. The molecule has 0 aliphatic heterocycles. The van der Waals surface area contributed by atoms with E-state index in [0.717, 1.165) is 16.8 Å². The number of hydrogen-bond donors (Lipinski definition) is 2. The zero-order chi connectivity index (χ0) is 24.1. The molecule has 4 rings (SSSR count). The molecule has 8 heteroatoms. The van der Waals surface area contributed by atoms with E-state index >= 15 is 0 Å². The van der Waals surface area contributed by atoms with Gasteiger partial charge < -0.3 is 15.8 Å². The summed E-state index contributed by atoms with van der Waals surface area (Å²) in [7, 11) is 0. The standard InChI is InChI=1S/C26H23N5O3/c1-16-11-13-18(14-12-16)23(32)19-8-4-5-9-20(19)24(33)34-15-22-29-25(27)31-26(30-22)28-21-10-6-3-7-17(21)2/h3-14H,15H2,1-2H3,(H3,27,28,29,30,31). The Kier molecular flexibility index (Phi) is 6.59. The number of carbonyl (C=O) groups excluding carboxylic acids is 2.